The Bertz CT molecular complexity index is 908. The van der Waals surface area contributed by atoms with Crippen LogP contribution in [0.2, 0.25) is 0 Å². The SMILES string of the molecule is O=C(Nc1ccc2nncn2c1)[C@@H]1C[C@@H]1c1ccc(F)c(F)c1. The summed E-state index contributed by atoms with van der Waals surface area (Å²) in [5.41, 5.74) is 1.98. The fourth-order valence-electron chi connectivity index (χ4n) is 2.73. The molecule has 1 aliphatic carbocycles. The molecule has 1 aliphatic rings. The van der Waals surface area contributed by atoms with Gasteiger partial charge in [-0.15, -0.1) is 10.2 Å². The lowest BCUT2D eigenvalue weighted by molar-refractivity contribution is -0.117. The topological polar surface area (TPSA) is 59.3 Å². The van der Waals surface area contributed by atoms with Crippen LogP contribution >= 0.6 is 0 Å². The quantitative estimate of drug-likeness (QED) is 0.808. The van der Waals surface area contributed by atoms with Crippen molar-refractivity contribution in [2.24, 2.45) is 5.92 Å². The van der Waals surface area contributed by atoms with Crippen LogP contribution in [0.3, 0.4) is 0 Å². The number of halogens is 2. The molecule has 1 aromatic carbocycles. The number of hydrogen-bond acceptors (Lipinski definition) is 3. The van der Waals surface area contributed by atoms with Crippen LogP contribution in [0, 0.1) is 17.6 Å². The van der Waals surface area contributed by atoms with Gasteiger partial charge in [0.15, 0.2) is 17.3 Å². The maximum atomic E-state index is 13.3. The number of rotatable bonds is 3. The fraction of sp³-hybridized carbons (Fsp3) is 0.188. The summed E-state index contributed by atoms with van der Waals surface area (Å²) in [5.74, 6) is -2.18. The van der Waals surface area contributed by atoms with Gasteiger partial charge in [0.25, 0.3) is 0 Å². The highest BCUT2D eigenvalue weighted by molar-refractivity contribution is 5.95. The first-order chi connectivity index (χ1) is 11.1. The lowest BCUT2D eigenvalue weighted by atomic mass is 10.1. The molecule has 0 aliphatic heterocycles. The number of nitrogens with one attached hydrogen (secondary N) is 1. The number of carbonyl (C=O) groups excluding carboxylic acids is 1. The number of hydrogen-bond donors (Lipinski definition) is 1. The van der Waals surface area contributed by atoms with Crippen molar-refractivity contribution in [3.63, 3.8) is 0 Å². The van der Waals surface area contributed by atoms with E-state index in [1.54, 1.807) is 29.1 Å². The van der Waals surface area contributed by atoms with Gasteiger partial charge in [0.1, 0.15) is 6.33 Å². The molecule has 0 radical (unpaired) electrons. The molecule has 1 amide bonds. The van der Waals surface area contributed by atoms with Crippen LogP contribution in [-0.2, 0) is 4.79 Å². The van der Waals surface area contributed by atoms with E-state index in [1.165, 1.54) is 6.07 Å². The summed E-state index contributed by atoms with van der Waals surface area (Å²) in [6.07, 6.45) is 3.90. The number of benzene rings is 1. The van der Waals surface area contributed by atoms with Crippen molar-refractivity contribution in [2.75, 3.05) is 5.32 Å². The molecular weight excluding hydrogens is 302 g/mol. The van der Waals surface area contributed by atoms with Crippen molar-refractivity contribution >= 4 is 17.2 Å². The van der Waals surface area contributed by atoms with Crippen molar-refractivity contribution in [1.82, 2.24) is 14.6 Å². The number of carbonyl (C=O) groups is 1. The van der Waals surface area contributed by atoms with Gasteiger partial charge >= 0.3 is 0 Å². The molecule has 0 unspecified atom stereocenters. The number of fused-ring (bicyclic) bond motifs is 1. The molecule has 7 heteroatoms. The zero-order valence-corrected chi connectivity index (χ0v) is 11.9. The van der Waals surface area contributed by atoms with Crippen molar-refractivity contribution in [2.45, 2.75) is 12.3 Å². The van der Waals surface area contributed by atoms with Crippen LogP contribution < -0.4 is 5.32 Å². The number of amides is 1. The summed E-state index contributed by atoms with van der Waals surface area (Å²) >= 11 is 0. The second-order valence-corrected chi connectivity index (χ2v) is 5.63. The molecule has 0 spiro atoms. The van der Waals surface area contributed by atoms with Gasteiger partial charge in [0, 0.05) is 12.1 Å². The van der Waals surface area contributed by atoms with Gasteiger partial charge in [-0.05, 0) is 42.2 Å². The Morgan fingerprint density at radius 1 is 1.22 bits per heavy atom. The zero-order valence-electron chi connectivity index (χ0n) is 11.9. The van der Waals surface area contributed by atoms with E-state index in [0.717, 1.165) is 12.1 Å². The van der Waals surface area contributed by atoms with Crippen LogP contribution in [0.1, 0.15) is 17.9 Å². The molecule has 2 heterocycles. The highest BCUT2D eigenvalue weighted by Crippen LogP contribution is 2.48. The summed E-state index contributed by atoms with van der Waals surface area (Å²) in [6.45, 7) is 0. The third-order valence-electron chi connectivity index (χ3n) is 4.06. The molecule has 2 atom stereocenters. The smallest absolute Gasteiger partial charge is 0.228 e. The third-order valence-corrected chi connectivity index (χ3v) is 4.06. The summed E-state index contributed by atoms with van der Waals surface area (Å²) in [4.78, 5) is 12.3. The van der Waals surface area contributed by atoms with Crippen molar-refractivity contribution in [3.05, 3.63) is 60.1 Å². The first kappa shape index (κ1) is 13.8. The molecule has 0 bridgehead atoms. The number of pyridine rings is 1. The van der Waals surface area contributed by atoms with Crippen LogP contribution in [0.5, 0.6) is 0 Å². The molecule has 116 valence electrons. The number of nitrogens with zero attached hydrogens (tertiary/aromatic N) is 3. The van der Waals surface area contributed by atoms with Gasteiger partial charge in [0.2, 0.25) is 5.91 Å². The Hall–Kier alpha value is -2.83. The average Bonchev–Trinajstić information content (AvgIpc) is 3.21. The van der Waals surface area contributed by atoms with Gasteiger partial charge < -0.3 is 5.32 Å². The Morgan fingerprint density at radius 2 is 2.09 bits per heavy atom. The second-order valence-electron chi connectivity index (χ2n) is 5.63. The normalized spacial score (nSPS) is 19.7. The molecule has 3 aromatic rings. The van der Waals surface area contributed by atoms with E-state index in [1.807, 2.05) is 0 Å². The van der Waals surface area contributed by atoms with E-state index in [0.29, 0.717) is 23.3 Å². The molecule has 0 saturated heterocycles. The standard InChI is InChI=1S/C16H12F2N4O/c17-13-3-1-9(5-14(13)18)11-6-12(11)16(23)20-10-2-4-15-21-19-8-22(15)7-10/h1-5,7-8,11-12H,6H2,(H,20,23)/t11-,12-/m1/s1. The van der Waals surface area contributed by atoms with Crippen molar-refractivity contribution < 1.29 is 13.6 Å². The largest absolute Gasteiger partial charge is 0.325 e. The van der Waals surface area contributed by atoms with Crippen LogP contribution in [0.25, 0.3) is 5.65 Å². The van der Waals surface area contributed by atoms with Gasteiger partial charge in [-0.2, -0.15) is 0 Å². The Morgan fingerprint density at radius 3 is 2.91 bits per heavy atom. The molecule has 1 N–H and O–H groups in total. The monoisotopic (exact) mass is 314 g/mol. The minimum absolute atomic E-state index is 0.0660. The first-order valence-electron chi connectivity index (χ1n) is 7.17. The van der Waals surface area contributed by atoms with Crippen molar-refractivity contribution in [3.8, 4) is 0 Å². The van der Waals surface area contributed by atoms with Gasteiger partial charge in [-0.3, -0.25) is 9.20 Å². The van der Waals surface area contributed by atoms with Gasteiger partial charge in [0.05, 0.1) is 5.69 Å². The number of aromatic nitrogens is 3. The van der Waals surface area contributed by atoms with E-state index < -0.39 is 11.6 Å². The lowest BCUT2D eigenvalue weighted by Crippen LogP contribution is -2.15. The van der Waals surface area contributed by atoms with E-state index in [2.05, 4.69) is 15.5 Å². The Balaban J connectivity index is 1.46. The molecule has 23 heavy (non-hydrogen) atoms. The summed E-state index contributed by atoms with van der Waals surface area (Å²) in [5, 5.41) is 10.5. The summed E-state index contributed by atoms with van der Waals surface area (Å²) < 4.78 is 27.9. The average molecular weight is 314 g/mol. The molecular formula is C16H12F2N4O. The van der Waals surface area contributed by atoms with E-state index in [4.69, 9.17) is 0 Å². The van der Waals surface area contributed by atoms with Crippen LogP contribution in [0.4, 0.5) is 14.5 Å². The highest BCUT2D eigenvalue weighted by Gasteiger charge is 2.44. The number of anilines is 1. The molecule has 1 fully saturated rings. The fourth-order valence-corrected chi connectivity index (χ4v) is 2.73. The predicted octanol–water partition coefficient (Wildman–Crippen LogP) is 2.75. The Kier molecular flexibility index (Phi) is 3.07. The summed E-state index contributed by atoms with van der Waals surface area (Å²) in [6, 6.07) is 7.28. The molecule has 5 nitrogen and oxygen atoms in total. The minimum Gasteiger partial charge on any atom is -0.325 e. The molecule has 4 rings (SSSR count). The van der Waals surface area contributed by atoms with Crippen LogP contribution in [0.15, 0.2) is 42.9 Å². The second kappa shape index (κ2) is 5.12. The minimum atomic E-state index is -0.883. The zero-order chi connectivity index (χ0) is 16.0. The maximum Gasteiger partial charge on any atom is 0.228 e. The van der Waals surface area contributed by atoms with E-state index >= 15 is 0 Å². The molecule has 1 saturated carbocycles. The van der Waals surface area contributed by atoms with E-state index in [9.17, 15) is 13.6 Å². The van der Waals surface area contributed by atoms with Crippen molar-refractivity contribution in [1.29, 1.82) is 0 Å². The van der Waals surface area contributed by atoms with Gasteiger partial charge in [-0.25, -0.2) is 8.78 Å². The third kappa shape index (κ3) is 2.54. The predicted molar refractivity (Wildman–Crippen MR) is 78.8 cm³/mol. The maximum absolute atomic E-state index is 13.3. The van der Waals surface area contributed by atoms with E-state index in [-0.39, 0.29) is 17.7 Å². The van der Waals surface area contributed by atoms with Gasteiger partial charge in [-0.1, -0.05) is 6.07 Å². The molecule has 2 aromatic heterocycles. The highest BCUT2D eigenvalue weighted by atomic mass is 19.2. The lowest BCUT2D eigenvalue weighted by Gasteiger charge is -2.06. The Labute approximate surface area is 130 Å². The first-order valence-corrected chi connectivity index (χ1v) is 7.17. The van der Waals surface area contributed by atoms with Crippen LogP contribution in [-0.4, -0.2) is 20.5 Å². The summed E-state index contributed by atoms with van der Waals surface area (Å²) in [7, 11) is 0.